The van der Waals surface area contributed by atoms with Crippen LogP contribution in [-0.2, 0) is 4.74 Å². The molecule has 1 fully saturated rings. The van der Waals surface area contributed by atoms with Gasteiger partial charge < -0.3 is 9.64 Å². The van der Waals surface area contributed by atoms with Gasteiger partial charge in [-0.3, -0.25) is 4.79 Å². The summed E-state index contributed by atoms with van der Waals surface area (Å²) in [6.45, 7) is -1.30. The molecule has 0 N–H and O–H groups in total. The maximum Gasteiger partial charge on any atom is 0.422 e. The fourth-order valence-electron chi connectivity index (χ4n) is 2.47. The number of hydrogen-bond acceptors (Lipinski definition) is 3. The maximum absolute atomic E-state index is 12.1. The molecule has 1 amide bonds. The van der Waals surface area contributed by atoms with Gasteiger partial charge in [0.05, 0.1) is 0 Å². The van der Waals surface area contributed by atoms with Crippen molar-refractivity contribution in [3.63, 3.8) is 0 Å². The molecule has 1 unspecified atom stereocenters. The van der Waals surface area contributed by atoms with Gasteiger partial charge in [-0.15, -0.1) is 0 Å². The number of ether oxygens (including phenoxy) is 1. The minimum absolute atomic E-state index is 0.0884. The molecule has 1 heterocycles. The van der Waals surface area contributed by atoms with E-state index in [9.17, 15) is 22.8 Å². The SMILES string of the molecule is O=C(CC1CCCN1C(=O)OCC(F)(F)F)c1ccccc1. The summed E-state index contributed by atoms with van der Waals surface area (Å²) in [7, 11) is 0. The highest BCUT2D eigenvalue weighted by molar-refractivity contribution is 5.96. The fraction of sp³-hybridized carbons (Fsp3) is 0.467. The third kappa shape index (κ3) is 4.47. The molecule has 1 aromatic rings. The van der Waals surface area contributed by atoms with Crippen LogP contribution in [0, 0.1) is 0 Å². The number of rotatable bonds is 4. The van der Waals surface area contributed by atoms with Crippen LogP contribution < -0.4 is 0 Å². The fourth-order valence-corrected chi connectivity index (χ4v) is 2.47. The highest BCUT2D eigenvalue weighted by Crippen LogP contribution is 2.24. The Kier molecular flexibility index (Phi) is 5.05. The molecule has 2 rings (SSSR count). The van der Waals surface area contributed by atoms with Crippen LogP contribution in [-0.4, -0.2) is 42.1 Å². The number of likely N-dealkylation sites (tertiary alicyclic amines) is 1. The molecule has 1 atom stereocenters. The van der Waals surface area contributed by atoms with Crippen molar-refractivity contribution < 1.29 is 27.5 Å². The molecule has 7 heteroatoms. The zero-order chi connectivity index (χ0) is 16.2. The molecule has 0 bridgehead atoms. The summed E-state index contributed by atoms with van der Waals surface area (Å²) >= 11 is 0. The summed E-state index contributed by atoms with van der Waals surface area (Å²) in [6.07, 6.45) is -4.25. The van der Waals surface area contributed by atoms with Crippen LogP contribution in [0.25, 0.3) is 0 Å². The number of halogens is 3. The molecule has 0 spiro atoms. The van der Waals surface area contributed by atoms with E-state index in [1.807, 2.05) is 0 Å². The van der Waals surface area contributed by atoms with Crippen LogP contribution in [0.3, 0.4) is 0 Å². The summed E-state index contributed by atoms with van der Waals surface area (Å²) in [5, 5.41) is 0. The molecule has 120 valence electrons. The molecular weight excluding hydrogens is 299 g/mol. The second-order valence-corrected chi connectivity index (χ2v) is 5.15. The van der Waals surface area contributed by atoms with Crippen LogP contribution in [0.5, 0.6) is 0 Å². The van der Waals surface area contributed by atoms with Crippen LogP contribution in [0.4, 0.5) is 18.0 Å². The van der Waals surface area contributed by atoms with Gasteiger partial charge in [0.25, 0.3) is 0 Å². The molecule has 0 aliphatic carbocycles. The van der Waals surface area contributed by atoms with E-state index in [1.165, 1.54) is 4.90 Å². The smallest absolute Gasteiger partial charge is 0.422 e. The Balaban J connectivity index is 1.93. The van der Waals surface area contributed by atoms with Crippen molar-refractivity contribution >= 4 is 11.9 Å². The van der Waals surface area contributed by atoms with Gasteiger partial charge >= 0.3 is 12.3 Å². The van der Waals surface area contributed by atoms with Crippen molar-refractivity contribution in [3.05, 3.63) is 35.9 Å². The lowest BCUT2D eigenvalue weighted by atomic mass is 10.0. The van der Waals surface area contributed by atoms with Crippen LogP contribution >= 0.6 is 0 Å². The third-order valence-corrected chi connectivity index (χ3v) is 3.49. The normalized spacial score (nSPS) is 18.3. The van der Waals surface area contributed by atoms with Gasteiger partial charge in [-0.25, -0.2) is 4.79 Å². The summed E-state index contributed by atoms with van der Waals surface area (Å²) in [5.74, 6) is -0.138. The van der Waals surface area contributed by atoms with Gasteiger partial charge in [-0.2, -0.15) is 13.2 Å². The number of nitrogens with zero attached hydrogens (tertiary/aromatic N) is 1. The summed E-state index contributed by atoms with van der Waals surface area (Å²) in [4.78, 5) is 25.1. The Morgan fingerprint density at radius 1 is 1.23 bits per heavy atom. The number of alkyl halides is 3. The molecule has 4 nitrogen and oxygen atoms in total. The Morgan fingerprint density at radius 3 is 2.55 bits per heavy atom. The van der Waals surface area contributed by atoms with E-state index in [0.717, 1.165) is 0 Å². The molecule has 1 aromatic carbocycles. The van der Waals surface area contributed by atoms with Gasteiger partial charge in [0.15, 0.2) is 12.4 Å². The summed E-state index contributed by atoms with van der Waals surface area (Å²) in [5.41, 5.74) is 0.526. The predicted octanol–water partition coefficient (Wildman–Crippen LogP) is 3.42. The second-order valence-electron chi connectivity index (χ2n) is 5.15. The van der Waals surface area contributed by atoms with Gasteiger partial charge in [-0.1, -0.05) is 30.3 Å². The molecule has 0 saturated carbocycles. The number of hydrogen-bond donors (Lipinski definition) is 0. The van der Waals surface area contributed by atoms with Gasteiger partial charge in [0.2, 0.25) is 0 Å². The molecule has 0 aromatic heterocycles. The van der Waals surface area contributed by atoms with Crippen LogP contribution in [0.1, 0.15) is 29.6 Å². The minimum atomic E-state index is -4.55. The number of ketones is 1. The van der Waals surface area contributed by atoms with Gasteiger partial charge in [0.1, 0.15) is 0 Å². The topological polar surface area (TPSA) is 46.6 Å². The van der Waals surface area contributed by atoms with Crippen molar-refractivity contribution in [1.29, 1.82) is 0 Å². The number of carbonyl (C=O) groups excluding carboxylic acids is 2. The number of carbonyl (C=O) groups is 2. The highest BCUT2D eigenvalue weighted by atomic mass is 19.4. The van der Waals surface area contributed by atoms with E-state index in [1.54, 1.807) is 30.3 Å². The van der Waals surface area contributed by atoms with Crippen molar-refractivity contribution in [3.8, 4) is 0 Å². The summed E-state index contributed by atoms with van der Waals surface area (Å²) in [6, 6.07) is 8.18. The highest BCUT2D eigenvalue weighted by Gasteiger charge is 2.35. The quantitative estimate of drug-likeness (QED) is 0.800. The van der Waals surface area contributed by atoms with Crippen LogP contribution in [0.2, 0.25) is 0 Å². The van der Waals surface area contributed by atoms with E-state index in [4.69, 9.17) is 0 Å². The second kappa shape index (κ2) is 6.81. The standard InChI is InChI=1S/C15H16F3NO3/c16-15(17,18)10-22-14(21)19-8-4-7-12(19)9-13(20)11-5-2-1-3-6-11/h1-3,5-6,12H,4,7-10H2. The van der Waals surface area contributed by atoms with Crippen LogP contribution in [0.15, 0.2) is 30.3 Å². The molecule has 1 aliphatic rings. The first-order chi connectivity index (χ1) is 10.4. The molecular formula is C15H16F3NO3. The number of amides is 1. The lowest BCUT2D eigenvalue weighted by Gasteiger charge is -2.23. The first-order valence-corrected chi connectivity index (χ1v) is 6.95. The van der Waals surface area contributed by atoms with E-state index >= 15 is 0 Å². The van der Waals surface area contributed by atoms with Gasteiger partial charge in [0, 0.05) is 24.6 Å². The molecule has 0 radical (unpaired) electrons. The third-order valence-electron chi connectivity index (χ3n) is 3.49. The number of Topliss-reactive ketones (excluding diaryl/α,β-unsaturated/α-hetero) is 1. The zero-order valence-corrected chi connectivity index (χ0v) is 11.8. The zero-order valence-electron chi connectivity index (χ0n) is 11.8. The summed E-state index contributed by atoms with van der Waals surface area (Å²) < 4.78 is 40.5. The Morgan fingerprint density at radius 2 is 1.91 bits per heavy atom. The van der Waals surface area contributed by atoms with E-state index < -0.39 is 24.9 Å². The van der Waals surface area contributed by atoms with Crippen molar-refractivity contribution in [2.45, 2.75) is 31.5 Å². The lowest BCUT2D eigenvalue weighted by molar-refractivity contribution is -0.162. The largest absolute Gasteiger partial charge is 0.440 e. The predicted molar refractivity (Wildman–Crippen MR) is 72.5 cm³/mol. The number of benzene rings is 1. The Labute approximate surface area is 125 Å². The van der Waals surface area contributed by atoms with Crippen molar-refractivity contribution in [1.82, 2.24) is 4.90 Å². The maximum atomic E-state index is 12.1. The van der Waals surface area contributed by atoms with Crippen molar-refractivity contribution in [2.24, 2.45) is 0 Å². The Bertz CT molecular complexity index is 531. The van der Waals surface area contributed by atoms with Crippen molar-refractivity contribution in [2.75, 3.05) is 13.2 Å². The molecule has 1 aliphatic heterocycles. The minimum Gasteiger partial charge on any atom is -0.440 e. The first-order valence-electron chi connectivity index (χ1n) is 6.95. The lowest BCUT2D eigenvalue weighted by Crippen LogP contribution is -2.38. The van der Waals surface area contributed by atoms with E-state index in [-0.39, 0.29) is 12.2 Å². The molecule has 1 saturated heterocycles. The Hall–Kier alpha value is -2.05. The van der Waals surface area contributed by atoms with Gasteiger partial charge in [-0.05, 0) is 12.8 Å². The average molecular weight is 315 g/mol. The average Bonchev–Trinajstić information content (AvgIpc) is 2.93. The first kappa shape index (κ1) is 16.3. The van der Waals surface area contributed by atoms with E-state index in [0.29, 0.717) is 24.9 Å². The molecule has 22 heavy (non-hydrogen) atoms. The monoisotopic (exact) mass is 315 g/mol. The van der Waals surface area contributed by atoms with E-state index in [2.05, 4.69) is 4.74 Å².